The molecule has 0 atom stereocenters. The number of rotatable bonds is 10. The van der Waals surface area contributed by atoms with E-state index in [4.69, 9.17) is 15.1 Å². The second kappa shape index (κ2) is 54.1. The summed E-state index contributed by atoms with van der Waals surface area (Å²) in [6.07, 6.45) is 10.4. The minimum atomic E-state index is -0.190. The van der Waals surface area contributed by atoms with Gasteiger partial charge in [-0.1, -0.05) is 203 Å². The Morgan fingerprint density at radius 3 is 1.09 bits per heavy atom. The monoisotopic (exact) mass is 2440 g/mol. The van der Waals surface area contributed by atoms with Crippen LogP contribution >= 0.6 is 0 Å². The molecular formula is C116H106FIr3N8O2Pt-5. The van der Waals surface area contributed by atoms with Crippen molar-refractivity contribution in [2.75, 3.05) is 4.90 Å². The molecule has 11 aromatic carbocycles. The maximum absolute atomic E-state index is 13.5. The van der Waals surface area contributed by atoms with E-state index in [9.17, 15) is 9.18 Å². The number of anilines is 3. The zero-order valence-electron chi connectivity index (χ0n) is 70.2. The fourth-order valence-electron chi connectivity index (χ4n) is 14.2. The van der Waals surface area contributed by atoms with Crippen LogP contribution in [0.1, 0.15) is 101 Å². The van der Waals surface area contributed by atoms with Gasteiger partial charge >= 0.3 is 21.1 Å². The van der Waals surface area contributed by atoms with Crippen LogP contribution in [0.5, 0.6) is 0 Å². The topological polar surface area (TPSA) is 131 Å². The fraction of sp³-hybridized carbons (Fsp3) is 0.121. The van der Waals surface area contributed by atoms with Crippen LogP contribution in [0.15, 0.2) is 370 Å². The third-order valence-electron chi connectivity index (χ3n) is 20.0. The molecule has 20 rings (SSSR count). The van der Waals surface area contributed by atoms with Crippen molar-refractivity contribution in [2.24, 2.45) is 0 Å². The van der Waals surface area contributed by atoms with Gasteiger partial charge in [0.1, 0.15) is 17.5 Å². The molecule has 131 heavy (non-hydrogen) atoms. The van der Waals surface area contributed by atoms with Gasteiger partial charge in [0.15, 0.2) is 5.78 Å². The van der Waals surface area contributed by atoms with Crippen LogP contribution in [-0.2, 0) is 99.0 Å². The van der Waals surface area contributed by atoms with E-state index >= 15 is 0 Å². The Morgan fingerprint density at radius 2 is 0.740 bits per heavy atom. The summed E-state index contributed by atoms with van der Waals surface area (Å²) in [4.78, 5) is 44.8. The molecule has 7 aromatic heterocycles. The molecule has 2 aliphatic rings. The molecule has 3 radical (unpaired) electrons. The average molecular weight is 2430 g/mol. The molecule has 0 amide bonds. The van der Waals surface area contributed by atoms with Crippen LogP contribution in [-0.4, -0.2) is 45.8 Å². The van der Waals surface area contributed by atoms with E-state index in [0.29, 0.717) is 5.56 Å². The van der Waals surface area contributed by atoms with Gasteiger partial charge in [0.2, 0.25) is 0 Å². The summed E-state index contributed by atoms with van der Waals surface area (Å²) in [6, 6.07) is 133. The number of fused-ring (bicyclic) bond motifs is 5. The number of aromatic nitrogens is 7. The normalized spacial score (nSPS) is 10.4. The molecule has 0 saturated carbocycles. The van der Waals surface area contributed by atoms with Crippen LogP contribution in [0.2, 0.25) is 0 Å². The van der Waals surface area contributed by atoms with E-state index in [1.165, 1.54) is 92.9 Å². The van der Waals surface area contributed by atoms with Crippen LogP contribution in [0.3, 0.4) is 0 Å². The van der Waals surface area contributed by atoms with Crippen LogP contribution in [0.25, 0.3) is 112 Å². The average Bonchev–Trinajstić information content (AvgIpc) is 0.724. The summed E-state index contributed by atoms with van der Waals surface area (Å²) in [5.74, 6) is 1.68. The summed E-state index contributed by atoms with van der Waals surface area (Å²) >= 11 is 0. The maximum atomic E-state index is 13.5. The van der Waals surface area contributed by atoms with E-state index < -0.39 is 0 Å². The largest absolute Gasteiger partial charge is 2.00 e. The van der Waals surface area contributed by atoms with Crippen molar-refractivity contribution in [1.82, 2.24) is 34.9 Å². The molecule has 10 nitrogen and oxygen atoms in total. The van der Waals surface area contributed by atoms with E-state index in [1.54, 1.807) is 25.4 Å². The standard InChI is InChI=1S/C30H19N3.C18H15FN.2C18H14N.2C11H8N.C5H8O2.5CH4.3Ir.Pt/c1-3-8-20(9-4-1)26-16-14-24-18-22-12-7-13-23-19-25-15-17-27(21-10-5-2-6-11-21)32-30(25)33(28(22)23)29(24)31-26;1-11-6-12(2)8-15(7-11)17-5-4-14-10-16(19)13(3)9-18(14)20-17;2*1-14-12-18(16-10-6-3-7-11-16)19-13-17(14)15-8-4-2-5-9-15;2*1-2-6-10(7-3-1)11-8-4-5-9-12-11;1-4(6)3-5(2)7;;;;;;;;;/h1-8,10,12-17H,18-19H2;4-7,9-10H,1-3H3;2*2-10,12-13H,1H3;2*1-6,8-9H;3,6H,1-2H3;5*1H4;;;;/q-2;5*-1;;;;;;;;;;+2. The molecule has 2 aliphatic heterocycles. The Balaban J connectivity index is 0.000000279. The summed E-state index contributed by atoms with van der Waals surface area (Å²) in [5, 5.41) is 9.18. The van der Waals surface area contributed by atoms with Gasteiger partial charge in [0, 0.05) is 121 Å². The van der Waals surface area contributed by atoms with Crippen molar-refractivity contribution in [2.45, 2.75) is 98.4 Å². The molecule has 0 bridgehead atoms. The van der Waals surface area contributed by atoms with Gasteiger partial charge in [-0.3, -0.25) is 24.6 Å². The molecule has 0 saturated heterocycles. The molecule has 18 aromatic rings. The third kappa shape index (κ3) is 29.4. The van der Waals surface area contributed by atoms with Crippen LogP contribution in [0.4, 0.5) is 21.7 Å². The zero-order chi connectivity index (χ0) is 84.5. The van der Waals surface area contributed by atoms with E-state index in [-0.39, 0.29) is 136 Å². The van der Waals surface area contributed by atoms with Crippen molar-refractivity contribution in [3.63, 3.8) is 0 Å². The molecule has 15 heteroatoms. The number of pyridine rings is 7. The number of aryl methyl sites for hydroxylation is 5. The number of hydrogen-bond acceptors (Lipinski definition) is 10. The predicted octanol–water partition coefficient (Wildman–Crippen LogP) is 29.8. The van der Waals surface area contributed by atoms with E-state index in [0.717, 1.165) is 120 Å². The SMILES string of the molecule is C.C.C.C.C.CC(=O)C=C(C)O.Cc1[c-]c(-c2ccc3cc(F)c(C)cc3n2)cc(C)c1.Cc1cc(-c2[c-]cccc2)ncc1-c1ccccc1.Cc1cc(-c2[c-]cccc2)ncc1-c1ccccc1.[Ir].[Ir].[Ir].[Pt+2].[c-]1ccccc1-c1ccc2c(n1)N1c3nc(-c4[c-]cccc4)ccc3Cc3cccc(c31)C2.[c-]1ccccc1-c1ccccn1.[c-]1ccccc1-c1ccccn1. The second-order valence-corrected chi connectivity index (χ2v) is 29.2. The number of aliphatic hydroxyl groups is 1. The number of hydrogen-bond donors (Lipinski definition) is 1. The van der Waals surface area contributed by atoms with E-state index in [1.807, 2.05) is 238 Å². The summed E-state index contributed by atoms with van der Waals surface area (Å²) < 4.78 is 13.5. The first-order valence-corrected chi connectivity index (χ1v) is 40.2. The molecule has 0 unspecified atom stereocenters. The first-order chi connectivity index (χ1) is 59.6. The summed E-state index contributed by atoms with van der Waals surface area (Å²) in [7, 11) is 0. The number of carbonyl (C=O) groups excluding carboxylic acids is 1. The number of nitrogens with zero attached hydrogens (tertiary/aromatic N) is 8. The zero-order valence-corrected chi connectivity index (χ0v) is 79.6. The van der Waals surface area contributed by atoms with Crippen LogP contribution < -0.4 is 4.90 Å². The van der Waals surface area contributed by atoms with Crippen molar-refractivity contribution < 1.29 is 95.7 Å². The predicted molar refractivity (Wildman–Crippen MR) is 526 cm³/mol. The molecule has 9 heterocycles. The van der Waals surface area contributed by atoms with Gasteiger partial charge in [0.05, 0.1) is 17.0 Å². The minimum Gasteiger partial charge on any atom is -0.512 e. The molecule has 671 valence electrons. The second-order valence-electron chi connectivity index (χ2n) is 29.2. The Labute approximate surface area is 830 Å². The van der Waals surface area contributed by atoms with Crippen molar-refractivity contribution in [3.05, 3.63) is 469 Å². The van der Waals surface area contributed by atoms with Crippen LogP contribution in [0, 0.1) is 82.9 Å². The maximum Gasteiger partial charge on any atom is 2.00 e. The van der Waals surface area contributed by atoms with Gasteiger partial charge < -0.3 is 25.0 Å². The Hall–Kier alpha value is -12.7. The number of carbonyl (C=O) groups is 1. The van der Waals surface area contributed by atoms with Gasteiger partial charge in [0.25, 0.3) is 0 Å². The molecule has 0 spiro atoms. The van der Waals surface area contributed by atoms with Crippen molar-refractivity contribution >= 4 is 34.0 Å². The summed E-state index contributed by atoms with van der Waals surface area (Å²) in [6.45, 7) is 12.9. The number of ketones is 1. The number of halogens is 1. The quantitative estimate of drug-likeness (QED) is 0.0802. The first kappa shape index (κ1) is 109. The molecule has 0 aliphatic carbocycles. The Morgan fingerprint density at radius 1 is 0.366 bits per heavy atom. The Kier molecular flexibility index (Phi) is 44.9. The minimum absolute atomic E-state index is 0. The molecule has 0 fully saturated rings. The summed E-state index contributed by atoms with van der Waals surface area (Å²) in [5.41, 5.74) is 31.0. The van der Waals surface area contributed by atoms with Gasteiger partial charge in [-0.05, 0) is 149 Å². The van der Waals surface area contributed by atoms with Gasteiger partial charge in [-0.15, -0.1) is 250 Å². The third-order valence-corrected chi connectivity index (χ3v) is 20.0. The number of allylic oxidation sites excluding steroid dienone is 2. The van der Waals surface area contributed by atoms with Gasteiger partial charge in [-0.25, -0.2) is 4.39 Å². The Bertz CT molecular complexity index is 6150. The van der Waals surface area contributed by atoms with E-state index in [2.05, 4.69) is 196 Å². The molecule has 1 N–H and O–H groups in total. The van der Waals surface area contributed by atoms with Crippen molar-refractivity contribution in [3.8, 4) is 101 Å². The van der Waals surface area contributed by atoms with Crippen molar-refractivity contribution in [1.29, 1.82) is 0 Å². The van der Waals surface area contributed by atoms with Gasteiger partial charge in [-0.2, -0.15) is 0 Å². The smallest absolute Gasteiger partial charge is 0.512 e. The number of benzene rings is 11. The fourth-order valence-corrected chi connectivity index (χ4v) is 14.2. The molecular weight excluding hydrogens is 2330 g/mol. The number of aliphatic hydroxyl groups excluding tert-OH is 1. The first-order valence-electron chi connectivity index (χ1n) is 40.2. The number of para-hydroxylation sites is 1.